The van der Waals surface area contributed by atoms with Crippen LogP contribution in [0.1, 0.15) is 10.4 Å². The quantitative estimate of drug-likeness (QED) is 0.753. The molecule has 0 bridgehead atoms. The van der Waals surface area contributed by atoms with E-state index < -0.39 is 0 Å². The first-order valence-corrected chi connectivity index (χ1v) is 9.12. The number of carbonyl (C=O) groups excluding carboxylic acids is 2. The van der Waals surface area contributed by atoms with Crippen LogP contribution >= 0.6 is 11.3 Å². The Morgan fingerprint density at radius 3 is 2.62 bits per heavy atom. The lowest BCUT2D eigenvalue weighted by Gasteiger charge is -2.11. The van der Waals surface area contributed by atoms with Crippen molar-refractivity contribution in [2.24, 2.45) is 0 Å². The first kappa shape index (κ1) is 16.4. The van der Waals surface area contributed by atoms with E-state index in [4.69, 9.17) is 4.74 Å². The van der Waals surface area contributed by atoms with Crippen molar-refractivity contribution in [3.05, 3.63) is 71.9 Å². The topological polar surface area (TPSA) is 63.6 Å². The van der Waals surface area contributed by atoms with Crippen LogP contribution < -0.4 is 10.2 Å². The summed E-state index contributed by atoms with van der Waals surface area (Å²) in [4.78, 5) is 25.9. The zero-order valence-corrected chi connectivity index (χ0v) is 14.7. The van der Waals surface area contributed by atoms with Crippen molar-refractivity contribution < 1.29 is 14.3 Å². The van der Waals surface area contributed by atoms with Crippen LogP contribution in [0, 0.1) is 0 Å². The van der Waals surface area contributed by atoms with Crippen molar-refractivity contribution in [2.75, 3.05) is 18.0 Å². The number of cyclic esters (lactones) is 1. The van der Waals surface area contributed by atoms with Gasteiger partial charge >= 0.3 is 6.09 Å². The molecule has 2 aromatic heterocycles. The monoisotopic (exact) mass is 367 g/mol. The minimum Gasteiger partial charge on any atom is -0.442 e. The molecule has 2 amide bonds. The molecule has 1 N–H and O–H groups in total. The molecule has 3 heterocycles. The fourth-order valence-electron chi connectivity index (χ4n) is 2.83. The third kappa shape index (κ3) is 3.34. The summed E-state index contributed by atoms with van der Waals surface area (Å²) in [5.41, 5.74) is 1.56. The van der Waals surface area contributed by atoms with Gasteiger partial charge in [-0.15, -0.1) is 11.3 Å². The number of anilines is 1. The maximum Gasteiger partial charge on any atom is 0.415 e. The summed E-state index contributed by atoms with van der Waals surface area (Å²) in [6, 6.07) is 15.0. The Morgan fingerprint density at radius 2 is 1.92 bits per heavy atom. The summed E-state index contributed by atoms with van der Waals surface area (Å²) >= 11 is 1.48. The molecule has 1 fully saturated rings. The molecular formula is C19H17N3O3S. The van der Waals surface area contributed by atoms with Gasteiger partial charge in [0.2, 0.25) is 0 Å². The molecule has 3 aromatic rings. The lowest BCUT2D eigenvalue weighted by Crippen LogP contribution is -2.34. The maximum atomic E-state index is 12.3. The van der Waals surface area contributed by atoms with Gasteiger partial charge in [-0.2, -0.15) is 0 Å². The van der Waals surface area contributed by atoms with E-state index in [0.29, 0.717) is 12.1 Å². The first-order chi connectivity index (χ1) is 12.7. The van der Waals surface area contributed by atoms with Crippen LogP contribution in [0.4, 0.5) is 9.80 Å². The summed E-state index contributed by atoms with van der Waals surface area (Å²) in [7, 11) is 0. The molecule has 4 rings (SSSR count). The zero-order chi connectivity index (χ0) is 17.9. The molecule has 1 unspecified atom stereocenters. The number of hydrogen-bond donors (Lipinski definition) is 1. The van der Waals surface area contributed by atoms with E-state index in [1.54, 1.807) is 17.0 Å². The van der Waals surface area contributed by atoms with Crippen LogP contribution in [0.5, 0.6) is 0 Å². The normalized spacial score (nSPS) is 16.5. The van der Waals surface area contributed by atoms with Crippen LogP contribution in [-0.4, -0.2) is 35.8 Å². The number of nitrogens with zero attached hydrogens (tertiary/aromatic N) is 2. The van der Waals surface area contributed by atoms with Crippen LogP contribution in [0.2, 0.25) is 0 Å². The minimum atomic E-state index is -0.372. The van der Waals surface area contributed by atoms with Crippen LogP contribution in [0.15, 0.2) is 66.3 Å². The second-order valence-electron chi connectivity index (χ2n) is 5.91. The molecule has 0 radical (unpaired) electrons. The number of amides is 2. The van der Waals surface area contributed by atoms with Gasteiger partial charge < -0.3 is 14.6 Å². The van der Waals surface area contributed by atoms with Gasteiger partial charge in [-0.25, -0.2) is 4.79 Å². The highest BCUT2D eigenvalue weighted by molar-refractivity contribution is 7.14. The molecule has 0 aliphatic carbocycles. The van der Waals surface area contributed by atoms with Crippen molar-refractivity contribution in [1.29, 1.82) is 0 Å². The molecular weight excluding hydrogens is 350 g/mol. The number of aromatic nitrogens is 1. The Bertz CT molecular complexity index is 889. The number of benzene rings is 1. The standard InChI is InChI=1S/C19H17N3O3S/c23-18(14-5-7-15(8-6-14)21-9-1-2-10-21)20-12-16-13-22(19(24)25-16)17-4-3-11-26-17/h1-11,16H,12-13H2,(H,20,23). The Labute approximate surface area is 154 Å². The average Bonchev–Trinajstić information content (AvgIpc) is 3.41. The minimum absolute atomic E-state index is 0.185. The summed E-state index contributed by atoms with van der Waals surface area (Å²) in [5, 5.41) is 5.60. The molecule has 7 heteroatoms. The van der Waals surface area contributed by atoms with Crippen LogP contribution in [0.3, 0.4) is 0 Å². The second kappa shape index (κ2) is 7.05. The molecule has 1 atom stereocenters. The molecule has 1 aromatic carbocycles. The number of carbonyl (C=O) groups is 2. The van der Waals surface area contributed by atoms with Crippen molar-refractivity contribution in [2.45, 2.75) is 6.10 Å². The number of thiophene rings is 1. The van der Waals surface area contributed by atoms with Gasteiger partial charge in [0.15, 0.2) is 0 Å². The van der Waals surface area contributed by atoms with Crippen molar-refractivity contribution in [3.63, 3.8) is 0 Å². The van der Waals surface area contributed by atoms with E-state index in [0.717, 1.165) is 10.7 Å². The van der Waals surface area contributed by atoms with Crippen molar-refractivity contribution in [1.82, 2.24) is 9.88 Å². The molecule has 1 aliphatic rings. The summed E-state index contributed by atoms with van der Waals surface area (Å²) in [5.74, 6) is -0.185. The number of rotatable bonds is 5. The van der Waals surface area contributed by atoms with Gasteiger partial charge in [0.05, 0.1) is 13.1 Å². The van der Waals surface area contributed by atoms with Crippen molar-refractivity contribution in [3.8, 4) is 5.69 Å². The smallest absolute Gasteiger partial charge is 0.415 e. The highest BCUT2D eigenvalue weighted by Crippen LogP contribution is 2.26. The largest absolute Gasteiger partial charge is 0.442 e. The van der Waals surface area contributed by atoms with E-state index in [1.807, 2.05) is 58.7 Å². The highest BCUT2D eigenvalue weighted by Gasteiger charge is 2.33. The fraction of sp³-hybridized carbons (Fsp3) is 0.158. The summed E-state index contributed by atoms with van der Waals surface area (Å²) in [6.07, 6.45) is 3.17. The Hall–Kier alpha value is -3.06. The number of hydrogen-bond acceptors (Lipinski definition) is 4. The van der Waals surface area contributed by atoms with Gasteiger partial charge in [-0.1, -0.05) is 0 Å². The molecule has 1 saturated heterocycles. The Morgan fingerprint density at radius 1 is 1.15 bits per heavy atom. The SMILES string of the molecule is O=C(NCC1CN(c2cccs2)C(=O)O1)c1ccc(-n2cccc2)cc1. The van der Waals surface area contributed by atoms with E-state index in [-0.39, 0.29) is 24.6 Å². The average molecular weight is 367 g/mol. The highest BCUT2D eigenvalue weighted by atomic mass is 32.1. The molecule has 0 saturated carbocycles. The zero-order valence-electron chi connectivity index (χ0n) is 13.9. The van der Waals surface area contributed by atoms with Crippen molar-refractivity contribution >= 4 is 28.3 Å². The predicted octanol–water partition coefficient (Wildman–Crippen LogP) is 3.29. The third-order valence-corrected chi connectivity index (χ3v) is 5.06. The number of nitrogens with one attached hydrogen (secondary N) is 1. The van der Waals surface area contributed by atoms with E-state index in [9.17, 15) is 9.59 Å². The molecule has 132 valence electrons. The summed E-state index contributed by atoms with van der Waals surface area (Å²) < 4.78 is 7.30. The van der Waals surface area contributed by atoms with Gasteiger partial charge in [-0.05, 0) is 53.9 Å². The lowest BCUT2D eigenvalue weighted by atomic mass is 10.2. The van der Waals surface area contributed by atoms with Gasteiger partial charge in [0.25, 0.3) is 5.91 Å². The van der Waals surface area contributed by atoms with Crippen LogP contribution in [0.25, 0.3) is 5.69 Å². The lowest BCUT2D eigenvalue weighted by molar-refractivity contribution is 0.0916. The van der Waals surface area contributed by atoms with Gasteiger partial charge in [0, 0.05) is 23.6 Å². The molecule has 26 heavy (non-hydrogen) atoms. The predicted molar refractivity (Wildman–Crippen MR) is 100 cm³/mol. The Kier molecular flexibility index (Phi) is 4.45. The number of ether oxygens (including phenoxy) is 1. The van der Waals surface area contributed by atoms with E-state index in [1.165, 1.54) is 11.3 Å². The Balaban J connectivity index is 1.33. The van der Waals surface area contributed by atoms with Gasteiger partial charge in [-0.3, -0.25) is 9.69 Å². The molecule has 0 spiro atoms. The fourth-order valence-corrected chi connectivity index (χ4v) is 3.56. The molecule has 1 aliphatic heterocycles. The summed E-state index contributed by atoms with van der Waals surface area (Å²) in [6.45, 7) is 0.720. The first-order valence-electron chi connectivity index (χ1n) is 8.24. The molecule has 6 nitrogen and oxygen atoms in total. The second-order valence-corrected chi connectivity index (χ2v) is 6.84. The maximum absolute atomic E-state index is 12.3. The van der Waals surface area contributed by atoms with E-state index >= 15 is 0 Å². The third-order valence-electron chi connectivity index (χ3n) is 4.17. The van der Waals surface area contributed by atoms with E-state index in [2.05, 4.69) is 5.32 Å². The van der Waals surface area contributed by atoms with Crippen LogP contribution in [-0.2, 0) is 4.74 Å². The van der Waals surface area contributed by atoms with Gasteiger partial charge in [0.1, 0.15) is 11.1 Å².